The molecule has 1 amide bonds. The number of hydrogen-bond acceptors (Lipinski definition) is 3. The van der Waals surface area contributed by atoms with Gasteiger partial charge in [-0.3, -0.25) is 4.79 Å². The predicted octanol–water partition coefficient (Wildman–Crippen LogP) is 2.68. The Morgan fingerprint density at radius 1 is 1.24 bits per heavy atom. The minimum atomic E-state index is -0.288. The van der Waals surface area contributed by atoms with Crippen LogP contribution in [0.5, 0.6) is 11.5 Å². The number of benzene rings is 2. The Morgan fingerprint density at radius 3 is 2.67 bits per heavy atom. The number of methoxy groups -OCH3 is 1. The molecule has 0 heterocycles. The fourth-order valence-electron chi connectivity index (χ4n) is 2.13. The van der Waals surface area contributed by atoms with E-state index in [0.717, 1.165) is 6.42 Å². The van der Waals surface area contributed by atoms with Gasteiger partial charge in [-0.05, 0) is 36.6 Å². The van der Waals surface area contributed by atoms with Gasteiger partial charge in [0.25, 0.3) is 5.91 Å². The number of nitrogens with one attached hydrogen (secondary N) is 1. The Balaban J connectivity index is 1.95. The van der Waals surface area contributed by atoms with E-state index in [-0.39, 0.29) is 17.2 Å². The van der Waals surface area contributed by atoms with E-state index in [2.05, 4.69) is 5.32 Å². The Kier molecular flexibility index (Phi) is 4.82. The summed E-state index contributed by atoms with van der Waals surface area (Å²) in [5.74, 6) is 0.149. The third-order valence-electron chi connectivity index (χ3n) is 3.39. The molecule has 0 bridgehead atoms. The van der Waals surface area contributed by atoms with Crippen molar-refractivity contribution in [3.05, 3.63) is 59.2 Å². The van der Waals surface area contributed by atoms with E-state index >= 15 is 0 Å². The molecule has 21 heavy (non-hydrogen) atoms. The van der Waals surface area contributed by atoms with Crippen LogP contribution in [0.2, 0.25) is 0 Å². The lowest BCUT2D eigenvalue weighted by Gasteiger charge is -2.09. The Hall–Kier alpha value is -2.49. The molecule has 0 saturated carbocycles. The van der Waals surface area contributed by atoms with Crippen molar-refractivity contribution in [3.63, 3.8) is 0 Å². The smallest absolute Gasteiger partial charge is 0.255 e. The SMILES string of the molecule is COc1ccc(C(=O)NCCc2ccccc2C)c(O)c1. The number of aryl methyl sites for hydroxylation is 1. The highest BCUT2D eigenvalue weighted by molar-refractivity contribution is 5.97. The Bertz CT molecular complexity index is 638. The van der Waals surface area contributed by atoms with Gasteiger partial charge in [0.1, 0.15) is 11.5 Å². The predicted molar refractivity (Wildman–Crippen MR) is 81.9 cm³/mol. The summed E-state index contributed by atoms with van der Waals surface area (Å²) in [5.41, 5.74) is 2.66. The maximum atomic E-state index is 12.0. The van der Waals surface area contributed by atoms with Gasteiger partial charge in [0, 0.05) is 12.6 Å². The molecule has 4 heteroatoms. The van der Waals surface area contributed by atoms with Crippen molar-refractivity contribution < 1.29 is 14.6 Å². The van der Waals surface area contributed by atoms with Crippen molar-refractivity contribution in [2.24, 2.45) is 0 Å². The highest BCUT2D eigenvalue weighted by Crippen LogP contribution is 2.23. The first-order valence-corrected chi connectivity index (χ1v) is 6.81. The molecule has 110 valence electrons. The summed E-state index contributed by atoms with van der Waals surface area (Å²) in [7, 11) is 1.51. The van der Waals surface area contributed by atoms with Gasteiger partial charge in [-0.2, -0.15) is 0 Å². The van der Waals surface area contributed by atoms with Gasteiger partial charge in [0.05, 0.1) is 12.7 Å². The van der Waals surface area contributed by atoms with Crippen LogP contribution in [-0.4, -0.2) is 24.7 Å². The lowest BCUT2D eigenvalue weighted by molar-refractivity contribution is 0.0951. The first-order chi connectivity index (χ1) is 10.1. The number of phenolic OH excluding ortho intramolecular Hbond substituents is 1. The van der Waals surface area contributed by atoms with E-state index in [1.54, 1.807) is 12.1 Å². The van der Waals surface area contributed by atoms with Crippen molar-refractivity contribution >= 4 is 5.91 Å². The van der Waals surface area contributed by atoms with Crippen molar-refractivity contribution in [1.82, 2.24) is 5.32 Å². The van der Waals surface area contributed by atoms with E-state index in [0.29, 0.717) is 12.3 Å². The second kappa shape index (κ2) is 6.79. The Morgan fingerprint density at radius 2 is 2.00 bits per heavy atom. The molecule has 2 aromatic rings. The highest BCUT2D eigenvalue weighted by Gasteiger charge is 2.11. The van der Waals surface area contributed by atoms with Gasteiger partial charge >= 0.3 is 0 Å². The molecule has 4 nitrogen and oxygen atoms in total. The largest absolute Gasteiger partial charge is 0.507 e. The standard InChI is InChI=1S/C17H19NO3/c1-12-5-3-4-6-13(12)9-10-18-17(20)15-8-7-14(21-2)11-16(15)19/h3-8,11,19H,9-10H2,1-2H3,(H,18,20). The van der Waals surface area contributed by atoms with Crippen LogP contribution in [0.25, 0.3) is 0 Å². The molecule has 0 fully saturated rings. The average molecular weight is 285 g/mol. The minimum Gasteiger partial charge on any atom is -0.507 e. The molecule has 0 unspecified atom stereocenters. The normalized spacial score (nSPS) is 10.2. The van der Waals surface area contributed by atoms with E-state index in [1.807, 2.05) is 31.2 Å². The molecule has 0 aliphatic carbocycles. The summed E-state index contributed by atoms with van der Waals surface area (Å²) >= 11 is 0. The number of carbonyl (C=O) groups is 1. The van der Waals surface area contributed by atoms with E-state index in [1.165, 1.54) is 24.3 Å². The maximum Gasteiger partial charge on any atom is 0.255 e. The lowest BCUT2D eigenvalue weighted by Crippen LogP contribution is -2.25. The quantitative estimate of drug-likeness (QED) is 0.888. The number of carbonyl (C=O) groups excluding carboxylic acids is 1. The number of aromatic hydroxyl groups is 1. The summed E-state index contributed by atoms with van der Waals surface area (Å²) in [6.45, 7) is 2.57. The first-order valence-electron chi connectivity index (χ1n) is 6.81. The molecule has 0 spiro atoms. The monoisotopic (exact) mass is 285 g/mol. The minimum absolute atomic E-state index is 0.0808. The van der Waals surface area contributed by atoms with Crippen LogP contribution >= 0.6 is 0 Å². The van der Waals surface area contributed by atoms with Gasteiger partial charge in [-0.15, -0.1) is 0 Å². The fourth-order valence-corrected chi connectivity index (χ4v) is 2.13. The number of hydrogen-bond donors (Lipinski definition) is 2. The van der Waals surface area contributed by atoms with Gasteiger partial charge in [0.2, 0.25) is 0 Å². The van der Waals surface area contributed by atoms with Crippen molar-refractivity contribution in [1.29, 1.82) is 0 Å². The summed E-state index contributed by atoms with van der Waals surface area (Å²) < 4.78 is 4.99. The van der Waals surface area contributed by atoms with Crippen molar-refractivity contribution in [2.45, 2.75) is 13.3 Å². The second-order valence-electron chi connectivity index (χ2n) is 4.82. The molecule has 2 aromatic carbocycles. The number of amides is 1. The van der Waals surface area contributed by atoms with Gasteiger partial charge in [-0.1, -0.05) is 24.3 Å². The summed E-state index contributed by atoms with van der Waals surface area (Å²) in [5, 5.41) is 12.6. The van der Waals surface area contributed by atoms with Crippen LogP contribution in [0.3, 0.4) is 0 Å². The third kappa shape index (κ3) is 3.75. The van der Waals surface area contributed by atoms with E-state index in [9.17, 15) is 9.90 Å². The molecular weight excluding hydrogens is 266 g/mol. The molecule has 0 aliphatic rings. The van der Waals surface area contributed by atoms with Crippen LogP contribution in [-0.2, 0) is 6.42 Å². The van der Waals surface area contributed by atoms with Gasteiger partial charge in [0.15, 0.2) is 0 Å². The summed E-state index contributed by atoms with van der Waals surface area (Å²) in [6.07, 6.45) is 0.759. The van der Waals surface area contributed by atoms with E-state index < -0.39 is 0 Å². The second-order valence-corrected chi connectivity index (χ2v) is 4.82. The van der Waals surface area contributed by atoms with E-state index in [4.69, 9.17) is 4.74 Å². The first kappa shape index (κ1) is 14.9. The van der Waals surface area contributed by atoms with Gasteiger partial charge < -0.3 is 15.2 Å². The molecule has 2 rings (SSSR count). The van der Waals surface area contributed by atoms with Crippen LogP contribution in [0.4, 0.5) is 0 Å². The van der Waals surface area contributed by atoms with Crippen molar-refractivity contribution in [2.75, 3.05) is 13.7 Å². The molecule has 0 aliphatic heterocycles. The molecule has 0 atom stereocenters. The molecule has 0 saturated heterocycles. The third-order valence-corrected chi connectivity index (χ3v) is 3.39. The molecular formula is C17H19NO3. The van der Waals surface area contributed by atoms with Gasteiger partial charge in [-0.25, -0.2) is 0 Å². The lowest BCUT2D eigenvalue weighted by atomic mass is 10.1. The zero-order chi connectivity index (χ0) is 15.2. The van der Waals surface area contributed by atoms with Crippen LogP contribution in [0, 0.1) is 6.92 Å². The number of ether oxygens (including phenoxy) is 1. The van der Waals surface area contributed by atoms with Crippen LogP contribution < -0.4 is 10.1 Å². The topological polar surface area (TPSA) is 58.6 Å². The molecule has 0 aromatic heterocycles. The van der Waals surface area contributed by atoms with Crippen molar-refractivity contribution in [3.8, 4) is 11.5 Å². The molecule has 0 radical (unpaired) electrons. The summed E-state index contributed by atoms with van der Waals surface area (Å²) in [6, 6.07) is 12.7. The Labute approximate surface area is 124 Å². The maximum absolute atomic E-state index is 12.0. The summed E-state index contributed by atoms with van der Waals surface area (Å²) in [4.78, 5) is 12.0. The van der Waals surface area contributed by atoms with Crippen LogP contribution in [0.15, 0.2) is 42.5 Å². The fraction of sp³-hybridized carbons (Fsp3) is 0.235. The average Bonchev–Trinajstić information content (AvgIpc) is 2.48. The number of rotatable bonds is 5. The number of phenols is 1. The zero-order valence-electron chi connectivity index (χ0n) is 12.2. The van der Waals surface area contributed by atoms with Crippen LogP contribution in [0.1, 0.15) is 21.5 Å². The zero-order valence-corrected chi connectivity index (χ0v) is 12.2. The highest BCUT2D eigenvalue weighted by atomic mass is 16.5. The molecule has 2 N–H and O–H groups in total.